The molecular weight excluding hydrogens is 422 g/mol. The lowest BCUT2D eigenvalue weighted by Crippen LogP contribution is -2.40. The van der Waals surface area contributed by atoms with Gasteiger partial charge in [0, 0.05) is 18.8 Å². The van der Waals surface area contributed by atoms with Crippen LogP contribution < -0.4 is 5.32 Å². The smallest absolute Gasteiger partial charge is 0.243 e. The zero-order chi connectivity index (χ0) is 21.4. The summed E-state index contributed by atoms with van der Waals surface area (Å²) in [5.41, 5.74) is 1.77. The Labute approximate surface area is 180 Å². The number of amides is 1. The number of carbonyl (C=O) groups is 1. The summed E-state index contributed by atoms with van der Waals surface area (Å²) in [5, 5.41) is 9.92. The second-order valence-electron chi connectivity index (χ2n) is 6.56. The van der Waals surface area contributed by atoms with Crippen molar-refractivity contribution in [1.29, 1.82) is 0 Å². The highest BCUT2D eigenvalue weighted by molar-refractivity contribution is 7.99. The summed E-state index contributed by atoms with van der Waals surface area (Å²) >= 11 is 1.42. The van der Waals surface area contributed by atoms with Crippen molar-refractivity contribution in [2.45, 2.75) is 23.5 Å². The fraction of sp³-hybridized carbons (Fsp3) is 0.250. The van der Waals surface area contributed by atoms with Crippen molar-refractivity contribution in [2.75, 3.05) is 18.8 Å². The number of H-pyrrole nitrogens is 1. The highest BCUT2D eigenvalue weighted by Gasteiger charge is 2.26. The number of hydrogen-bond donors (Lipinski definition) is 2. The molecule has 3 rings (SSSR count). The van der Waals surface area contributed by atoms with Crippen LogP contribution in [0.1, 0.15) is 11.1 Å². The summed E-state index contributed by atoms with van der Waals surface area (Å²) in [7, 11) is -3.83. The molecule has 2 N–H and O–H groups in total. The predicted molar refractivity (Wildman–Crippen MR) is 115 cm³/mol. The Kier molecular flexibility index (Phi) is 7.61. The number of carbonyl (C=O) groups excluding carboxylic acids is 1. The van der Waals surface area contributed by atoms with E-state index in [4.69, 9.17) is 0 Å². The molecule has 8 nitrogen and oxygen atoms in total. The van der Waals surface area contributed by atoms with Crippen LogP contribution in [0.25, 0.3) is 0 Å². The normalized spacial score (nSPS) is 11.5. The number of nitrogens with one attached hydrogen (secondary N) is 2. The van der Waals surface area contributed by atoms with E-state index in [0.717, 1.165) is 11.1 Å². The van der Waals surface area contributed by atoms with Gasteiger partial charge in [-0.15, -0.1) is 0 Å². The van der Waals surface area contributed by atoms with Crippen LogP contribution in [0.3, 0.4) is 0 Å². The highest BCUT2D eigenvalue weighted by Crippen LogP contribution is 2.19. The van der Waals surface area contributed by atoms with Gasteiger partial charge in [0.2, 0.25) is 15.9 Å². The first-order valence-corrected chi connectivity index (χ1v) is 11.7. The van der Waals surface area contributed by atoms with Crippen LogP contribution in [0, 0.1) is 6.92 Å². The number of benzene rings is 2. The van der Waals surface area contributed by atoms with Gasteiger partial charge in [-0.05, 0) is 24.6 Å². The molecule has 0 saturated heterocycles. The SMILES string of the molecule is Cc1ccc(S(=O)(=O)N(CC(=O)NCCSc2ncn[nH]2)Cc2ccccc2)cc1. The Morgan fingerprint density at radius 3 is 2.53 bits per heavy atom. The lowest BCUT2D eigenvalue weighted by Gasteiger charge is -2.22. The maximum absolute atomic E-state index is 13.2. The lowest BCUT2D eigenvalue weighted by atomic mass is 10.2. The van der Waals surface area contributed by atoms with Crippen molar-refractivity contribution < 1.29 is 13.2 Å². The fourth-order valence-corrected chi connectivity index (χ4v) is 4.71. The molecule has 1 heterocycles. The molecular formula is C20H23N5O3S2. The van der Waals surface area contributed by atoms with E-state index in [-0.39, 0.29) is 23.9 Å². The van der Waals surface area contributed by atoms with E-state index in [1.165, 1.54) is 22.4 Å². The number of sulfonamides is 1. The Hall–Kier alpha value is -2.69. The minimum absolute atomic E-state index is 0.108. The maximum atomic E-state index is 13.2. The molecule has 158 valence electrons. The Morgan fingerprint density at radius 1 is 1.13 bits per heavy atom. The maximum Gasteiger partial charge on any atom is 0.243 e. The number of rotatable bonds is 10. The number of aromatic amines is 1. The molecule has 0 aliphatic heterocycles. The first-order valence-electron chi connectivity index (χ1n) is 9.31. The molecule has 0 fully saturated rings. The molecule has 0 unspecified atom stereocenters. The van der Waals surface area contributed by atoms with Crippen molar-refractivity contribution in [3.8, 4) is 0 Å². The van der Waals surface area contributed by atoms with E-state index in [1.54, 1.807) is 24.3 Å². The predicted octanol–water partition coefficient (Wildman–Crippen LogP) is 2.21. The van der Waals surface area contributed by atoms with E-state index in [2.05, 4.69) is 20.5 Å². The number of nitrogens with zero attached hydrogens (tertiary/aromatic N) is 3. The zero-order valence-corrected chi connectivity index (χ0v) is 18.1. The van der Waals surface area contributed by atoms with Gasteiger partial charge < -0.3 is 5.32 Å². The lowest BCUT2D eigenvalue weighted by molar-refractivity contribution is -0.121. The van der Waals surface area contributed by atoms with Crippen LogP contribution in [0.4, 0.5) is 0 Å². The largest absolute Gasteiger partial charge is 0.354 e. The van der Waals surface area contributed by atoms with Gasteiger partial charge in [0.1, 0.15) is 6.33 Å². The molecule has 0 saturated carbocycles. The quantitative estimate of drug-likeness (QED) is 0.366. The van der Waals surface area contributed by atoms with Crippen molar-refractivity contribution in [3.63, 3.8) is 0 Å². The van der Waals surface area contributed by atoms with E-state index >= 15 is 0 Å². The van der Waals surface area contributed by atoms with Gasteiger partial charge in [-0.3, -0.25) is 9.89 Å². The monoisotopic (exact) mass is 445 g/mol. The van der Waals surface area contributed by atoms with Gasteiger partial charge in [-0.2, -0.15) is 9.40 Å². The van der Waals surface area contributed by atoms with Crippen LogP contribution in [0.15, 0.2) is 71.0 Å². The van der Waals surface area contributed by atoms with Crippen molar-refractivity contribution in [2.24, 2.45) is 0 Å². The average Bonchev–Trinajstić information content (AvgIpc) is 3.25. The minimum atomic E-state index is -3.83. The molecule has 0 aliphatic rings. The molecule has 10 heteroatoms. The van der Waals surface area contributed by atoms with E-state index in [0.29, 0.717) is 17.5 Å². The van der Waals surface area contributed by atoms with Gasteiger partial charge in [-0.1, -0.05) is 59.8 Å². The molecule has 0 atom stereocenters. The van der Waals surface area contributed by atoms with E-state index in [1.807, 2.05) is 37.3 Å². The van der Waals surface area contributed by atoms with Gasteiger partial charge >= 0.3 is 0 Å². The Morgan fingerprint density at radius 2 is 1.87 bits per heavy atom. The third kappa shape index (κ3) is 6.15. The second kappa shape index (κ2) is 10.4. The first kappa shape index (κ1) is 22.0. The van der Waals surface area contributed by atoms with Crippen LogP contribution >= 0.6 is 11.8 Å². The number of thioether (sulfide) groups is 1. The molecule has 0 aliphatic carbocycles. The molecule has 2 aromatic carbocycles. The average molecular weight is 446 g/mol. The Balaban J connectivity index is 1.67. The Bertz CT molecular complexity index is 1040. The topological polar surface area (TPSA) is 108 Å². The van der Waals surface area contributed by atoms with Crippen molar-refractivity contribution in [1.82, 2.24) is 24.8 Å². The number of aryl methyl sites for hydroxylation is 1. The van der Waals surface area contributed by atoms with E-state index in [9.17, 15) is 13.2 Å². The van der Waals surface area contributed by atoms with Crippen molar-refractivity contribution in [3.05, 3.63) is 72.1 Å². The summed E-state index contributed by atoms with van der Waals surface area (Å²) in [6.07, 6.45) is 1.41. The fourth-order valence-electron chi connectivity index (χ4n) is 2.69. The van der Waals surface area contributed by atoms with Gasteiger partial charge in [0.15, 0.2) is 5.16 Å². The summed E-state index contributed by atoms with van der Waals surface area (Å²) < 4.78 is 27.6. The van der Waals surface area contributed by atoms with Crippen LogP contribution in [-0.2, 0) is 21.4 Å². The summed E-state index contributed by atoms with van der Waals surface area (Å²) in [6, 6.07) is 15.8. The summed E-state index contributed by atoms with van der Waals surface area (Å²) in [5.74, 6) is 0.226. The van der Waals surface area contributed by atoms with Gasteiger partial charge in [-0.25, -0.2) is 13.4 Å². The molecule has 0 radical (unpaired) electrons. The zero-order valence-electron chi connectivity index (χ0n) is 16.5. The summed E-state index contributed by atoms with van der Waals surface area (Å²) in [6.45, 7) is 2.12. The van der Waals surface area contributed by atoms with E-state index < -0.39 is 10.0 Å². The molecule has 1 aromatic heterocycles. The molecule has 0 spiro atoms. The van der Waals surface area contributed by atoms with Crippen molar-refractivity contribution >= 4 is 27.7 Å². The number of aromatic nitrogens is 3. The highest BCUT2D eigenvalue weighted by atomic mass is 32.2. The van der Waals surface area contributed by atoms with Gasteiger partial charge in [0.25, 0.3) is 0 Å². The standard InChI is InChI=1S/C20H23N5O3S2/c1-16-7-9-18(10-8-16)30(27,28)25(13-17-5-3-2-4-6-17)14-19(26)21-11-12-29-20-22-15-23-24-20/h2-10,15H,11-14H2,1H3,(H,21,26)(H,22,23,24). The molecule has 1 amide bonds. The number of hydrogen-bond acceptors (Lipinski definition) is 6. The van der Waals surface area contributed by atoms with Crippen LogP contribution in [0.2, 0.25) is 0 Å². The first-order chi connectivity index (χ1) is 14.4. The molecule has 30 heavy (non-hydrogen) atoms. The second-order valence-corrected chi connectivity index (χ2v) is 9.58. The third-order valence-electron chi connectivity index (χ3n) is 4.24. The minimum Gasteiger partial charge on any atom is -0.354 e. The van der Waals surface area contributed by atoms with Crippen LogP contribution in [-0.4, -0.2) is 52.7 Å². The van der Waals surface area contributed by atoms with Gasteiger partial charge in [0.05, 0.1) is 11.4 Å². The van der Waals surface area contributed by atoms with Crippen LogP contribution in [0.5, 0.6) is 0 Å². The molecule has 3 aromatic rings. The third-order valence-corrected chi connectivity index (χ3v) is 6.92. The summed E-state index contributed by atoms with van der Waals surface area (Å²) in [4.78, 5) is 16.6. The molecule has 0 bridgehead atoms.